The Bertz CT molecular complexity index is 332. The zero-order valence-electron chi connectivity index (χ0n) is 7.56. The molecule has 0 atom stereocenters. The summed E-state index contributed by atoms with van der Waals surface area (Å²) in [5.41, 5.74) is 0.367. The summed E-state index contributed by atoms with van der Waals surface area (Å²) in [5, 5.41) is 13.7. The van der Waals surface area contributed by atoms with E-state index in [-0.39, 0.29) is 0 Å². The predicted octanol–water partition coefficient (Wildman–Crippen LogP) is 1.98. The molecule has 1 aromatic carbocycles. The number of aliphatic hydroxyl groups is 1. The zero-order chi connectivity index (χ0) is 10.2. The summed E-state index contributed by atoms with van der Waals surface area (Å²) in [6.07, 6.45) is 0.597. The monoisotopic (exact) mass is 275 g/mol. The molecule has 4 heteroatoms. The maximum Gasteiger partial charge on any atom is 0.0936 e. The number of benzene rings is 1. The molecule has 0 amide bonds. The smallest absolute Gasteiger partial charge is 0.0936 e. The molecule has 0 saturated carbocycles. The van der Waals surface area contributed by atoms with Crippen molar-refractivity contribution in [1.29, 1.82) is 0 Å². The molecule has 2 nitrogen and oxygen atoms in total. The van der Waals surface area contributed by atoms with Gasteiger partial charge in [0.15, 0.2) is 0 Å². The van der Waals surface area contributed by atoms with Crippen LogP contribution in [0.3, 0.4) is 0 Å². The first-order valence-corrected chi connectivity index (χ1v) is 5.64. The van der Waals surface area contributed by atoms with Gasteiger partial charge in [0.25, 0.3) is 0 Å². The van der Waals surface area contributed by atoms with Crippen molar-refractivity contribution in [2.75, 3.05) is 13.1 Å². The van der Waals surface area contributed by atoms with Crippen LogP contribution in [0, 0.1) is 0 Å². The van der Waals surface area contributed by atoms with Gasteiger partial charge >= 0.3 is 0 Å². The van der Waals surface area contributed by atoms with E-state index in [1.165, 1.54) is 0 Å². The maximum atomic E-state index is 9.97. The van der Waals surface area contributed by atoms with Crippen LogP contribution >= 0.6 is 27.5 Å². The van der Waals surface area contributed by atoms with Gasteiger partial charge in [0.1, 0.15) is 0 Å². The Kier molecular flexibility index (Phi) is 2.84. The molecule has 1 heterocycles. The second-order valence-corrected chi connectivity index (χ2v) is 4.97. The van der Waals surface area contributed by atoms with Crippen LogP contribution < -0.4 is 5.32 Å². The van der Waals surface area contributed by atoms with Crippen molar-refractivity contribution in [3.63, 3.8) is 0 Å². The molecule has 1 aliphatic rings. The summed E-state index contributed by atoms with van der Waals surface area (Å²) in [7, 11) is 0. The molecule has 1 fully saturated rings. The number of nitrogens with one attached hydrogen (secondary N) is 1. The van der Waals surface area contributed by atoms with E-state index in [4.69, 9.17) is 11.6 Å². The van der Waals surface area contributed by atoms with Crippen molar-refractivity contribution in [3.05, 3.63) is 33.3 Å². The van der Waals surface area contributed by atoms with Gasteiger partial charge in [-0.2, -0.15) is 0 Å². The van der Waals surface area contributed by atoms with Crippen molar-refractivity contribution in [1.82, 2.24) is 5.32 Å². The third-order valence-electron chi connectivity index (χ3n) is 2.48. The topological polar surface area (TPSA) is 32.3 Å². The summed E-state index contributed by atoms with van der Waals surface area (Å²) < 4.78 is 0.963. The lowest BCUT2D eigenvalue weighted by molar-refractivity contribution is -0.00913. The average molecular weight is 277 g/mol. The fourth-order valence-electron chi connectivity index (χ4n) is 1.57. The molecule has 0 aromatic heterocycles. The Balaban J connectivity index is 2.23. The number of hydrogen-bond acceptors (Lipinski definition) is 2. The van der Waals surface area contributed by atoms with Gasteiger partial charge < -0.3 is 10.4 Å². The molecule has 2 N–H and O–H groups in total. The van der Waals surface area contributed by atoms with Crippen LogP contribution in [0.4, 0.5) is 0 Å². The number of β-amino-alcohol motifs (C(OH)–C–C–N with tert-alkyl or cyclic N) is 1. The van der Waals surface area contributed by atoms with E-state index in [0.29, 0.717) is 24.5 Å². The standard InChI is InChI=1S/C10H11BrClNO/c11-8-2-1-3-9(12)7(8)4-10(14)5-13-6-10/h1-3,13-14H,4-6H2. The molecule has 0 spiro atoms. The number of rotatable bonds is 2. The Morgan fingerprint density at radius 2 is 2.21 bits per heavy atom. The Morgan fingerprint density at radius 1 is 1.50 bits per heavy atom. The highest BCUT2D eigenvalue weighted by molar-refractivity contribution is 9.10. The second kappa shape index (κ2) is 3.81. The maximum absolute atomic E-state index is 9.97. The quantitative estimate of drug-likeness (QED) is 0.866. The van der Waals surface area contributed by atoms with Crippen LogP contribution in [0.5, 0.6) is 0 Å². The fourth-order valence-corrected chi connectivity index (χ4v) is 2.43. The first-order chi connectivity index (χ1) is 6.61. The van der Waals surface area contributed by atoms with Crippen molar-refractivity contribution in [3.8, 4) is 0 Å². The molecular formula is C10H11BrClNO. The zero-order valence-corrected chi connectivity index (χ0v) is 9.90. The van der Waals surface area contributed by atoms with E-state index in [2.05, 4.69) is 21.2 Å². The predicted molar refractivity (Wildman–Crippen MR) is 60.7 cm³/mol. The van der Waals surface area contributed by atoms with Gasteiger partial charge in [0.2, 0.25) is 0 Å². The van der Waals surface area contributed by atoms with Crippen LogP contribution in [-0.4, -0.2) is 23.8 Å². The van der Waals surface area contributed by atoms with E-state index in [1.807, 2.05) is 18.2 Å². The van der Waals surface area contributed by atoms with E-state index < -0.39 is 5.60 Å². The molecule has 0 bridgehead atoms. The first kappa shape index (κ1) is 10.4. The van der Waals surface area contributed by atoms with Gasteiger partial charge in [-0.1, -0.05) is 33.6 Å². The van der Waals surface area contributed by atoms with Crippen molar-refractivity contribution >= 4 is 27.5 Å². The highest BCUT2D eigenvalue weighted by atomic mass is 79.9. The van der Waals surface area contributed by atoms with E-state index in [9.17, 15) is 5.11 Å². The van der Waals surface area contributed by atoms with E-state index in [1.54, 1.807) is 0 Å². The van der Waals surface area contributed by atoms with Crippen molar-refractivity contribution < 1.29 is 5.11 Å². The van der Waals surface area contributed by atoms with Gasteiger partial charge in [0, 0.05) is 29.0 Å². The number of hydrogen-bond donors (Lipinski definition) is 2. The summed E-state index contributed by atoms with van der Waals surface area (Å²) in [6.45, 7) is 1.29. The third kappa shape index (κ3) is 1.96. The molecule has 14 heavy (non-hydrogen) atoms. The van der Waals surface area contributed by atoms with Crippen LogP contribution in [0.2, 0.25) is 5.02 Å². The summed E-state index contributed by atoms with van der Waals surface area (Å²) in [6, 6.07) is 5.67. The Hall–Kier alpha value is -0.0900. The van der Waals surface area contributed by atoms with Crippen LogP contribution in [-0.2, 0) is 6.42 Å². The molecule has 0 radical (unpaired) electrons. The lowest BCUT2D eigenvalue weighted by Crippen LogP contribution is -2.60. The highest BCUT2D eigenvalue weighted by Gasteiger charge is 2.35. The molecule has 0 unspecified atom stereocenters. The van der Waals surface area contributed by atoms with Crippen LogP contribution in [0.25, 0.3) is 0 Å². The highest BCUT2D eigenvalue weighted by Crippen LogP contribution is 2.29. The van der Waals surface area contributed by atoms with Crippen LogP contribution in [0.1, 0.15) is 5.56 Å². The largest absolute Gasteiger partial charge is 0.387 e. The molecule has 0 aliphatic carbocycles. The van der Waals surface area contributed by atoms with Crippen molar-refractivity contribution in [2.45, 2.75) is 12.0 Å². The average Bonchev–Trinajstić information content (AvgIpc) is 2.09. The van der Waals surface area contributed by atoms with Gasteiger partial charge in [-0.15, -0.1) is 0 Å². The molecular weight excluding hydrogens is 265 g/mol. The molecule has 1 saturated heterocycles. The fraction of sp³-hybridized carbons (Fsp3) is 0.400. The van der Waals surface area contributed by atoms with Gasteiger partial charge in [-0.25, -0.2) is 0 Å². The number of halogens is 2. The summed E-state index contributed by atoms with van der Waals surface area (Å²) in [4.78, 5) is 0. The SMILES string of the molecule is OC1(Cc2c(Cl)cccc2Br)CNC1. The minimum absolute atomic E-state index is 0.597. The first-order valence-electron chi connectivity index (χ1n) is 4.47. The molecule has 1 aliphatic heterocycles. The lowest BCUT2D eigenvalue weighted by atomic mass is 9.89. The van der Waals surface area contributed by atoms with E-state index >= 15 is 0 Å². The second-order valence-electron chi connectivity index (χ2n) is 3.70. The minimum Gasteiger partial charge on any atom is -0.387 e. The molecule has 1 aromatic rings. The summed E-state index contributed by atoms with van der Waals surface area (Å²) >= 11 is 9.49. The third-order valence-corrected chi connectivity index (χ3v) is 3.57. The van der Waals surface area contributed by atoms with Gasteiger partial charge in [-0.05, 0) is 17.7 Å². The minimum atomic E-state index is -0.618. The molecule has 76 valence electrons. The Labute approximate surface area is 96.4 Å². The van der Waals surface area contributed by atoms with Gasteiger partial charge in [-0.3, -0.25) is 0 Å². The molecule has 2 rings (SSSR count). The van der Waals surface area contributed by atoms with Gasteiger partial charge in [0.05, 0.1) is 5.60 Å². The van der Waals surface area contributed by atoms with Crippen LogP contribution in [0.15, 0.2) is 22.7 Å². The Morgan fingerprint density at radius 3 is 2.71 bits per heavy atom. The van der Waals surface area contributed by atoms with E-state index in [0.717, 1.165) is 10.0 Å². The van der Waals surface area contributed by atoms with Crippen molar-refractivity contribution in [2.24, 2.45) is 0 Å². The summed E-state index contributed by atoms with van der Waals surface area (Å²) in [5.74, 6) is 0. The lowest BCUT2D eigenvalue weighted by Gasteiger charge is -2.38. The normalized spacial score (nSPS) is 19.1.